The Morgan fingerprint density at radius 1 is 1.43 bits per heavy atom. The maximum Gasteiger partial charge on any atom is 0.296 e. The van der Waals surface area contributed by atoms with Crippen LogP contribution in [0, 0.1) is 10.1 Å². The average Bonchev–Trinajstić information content (AvgIpc) is 3.00. The van der Waals surface area contributed by atoms with Gasteiger partial charge in [0.25, 0.3) is 5.69 Å². The van der Waals surface area contributed by atoms with Gasteiger partial charge in [0, 0.05) is 13.1 Å². The summed E-state index contributed by atoms with van der Waals surface area (Å²) in [7, 11) is 1.45. The molecule has 1 aromatic carbocycles. The van der Waals surface area contributed by atoms with Gasteiger partial charge in [0.1, 0.15) is 17.5 Å². The normalized spacial score (nSPS) is 15.6. The standard InChI is InChI=1S/C14H19N3O4/c1-10(14(18)16-7-3-4-8-16)15-12-6-5-11(21-2)9-13(12)17(19)20/h5-6,9-10,15H,3-4,7-8H2,1-2H3. The van der Waals surface area contributed by atoms with Gasteiger partial charge < -0.3 is 15.0 Å². The highest BCUT2D eigenvalue weighted by Gasteiger charge is 2.25. The zero-order valence-corrected chi connectivity index (χ0v) is 12.2. The molecule has 1 aromatic rings. The minimum Gasteiger partial charge on any atom is -0.496 e. The molecule has 1 N–H and O–H groups in total. The number of methoxy groups -OCH3 is 1. The van der Waals surface area contributed by atoms with Gasteiger partial charge in [0.2, 0.25) is 5.91 Å². The van der Waals surface area contributed by atoms with Crippen LogP contribution in [0.15, 0.2) is 18.2 Å². The highest BCUT2D eigenvalue weighted by Crippen LogP contribution is 2.29. The Bertz CT molecular complexity index is 541. The lowest BCUT2D eigenvalue weighted by Gasteiger charge is -2.21. The first-order valence-electron chi connectivity index (χ1n) is 6.90. The van der Waals surface area contributed by atoms with Gasteiger partial charge in [-0.1, -0.05) is 0 Å². The molecule has 0 aromatic heterocycles. The summed E-state index contributed by atoms with van der Waals surface area (Å²) in [5.41, 5.74) is 0.219. The Kier molecular flexibility index (Phi) is 4.62. The van der Waals surface area contributed by atoms with Crippen molar-refractivity contribution in [2.24, 2.45) is 0 Å². The predicted molar refractivity (Wildman–Crippen MR) is 78.5 cm³/mol. The number of hydrogen-bond acceptors (Lipinski definition) is 5. The molecule has 1 amide bonds. The molecule has 0 saturated carbocycles. The van der Waals surface area contributed by atoms with Crippen molar-refractivity contribution in [3.05, 3.63) is 28.3 Å². The third-order valence-corrected chi connectivity index (χ3v) is 3.56. The Labute approximate surface area is 123 Å². The monoisotopic (exact) mass is 293 g/mol. The van der Waals surface area contributed by atoms with Crippen LogP contribution in [0.25, 0.3) is 0 Å². The van der Waals surface area contributed by atoms with E-state index < -0.39 is 11.0 Å². The summed E-state index contributed by atoms with van der Waals surface area (Å²) in [6.07, 6.45) is 2.03. The molecule has 2 rings (SSSR count). The molecule has 1 aliphatic heterocycles. The van der Waals surface area contributed by atoms with Gasteiger partial charge in [-0.25, -0.2) is 0 Å². The van der Waals surface area contributed by atoms with Gasteiger partial charge in [-0.15, -0.1) is 0 Å². The van der Waals surface area contributed by atoms with E-state index in [1.807, 2.05) is 0 Å². The molecule has 114 valence electrons. The Balaban J connectivity index is 2.14. The van der Waals surface area contributed by atoms with E-state index in [1.165, 1.54) is 13.2 Å². The summed E-state index contributed by atoms with van der Waals surface area (Å²) >= 11 is 0. The van der Waals surface area contributed by atoms with Crippen LogP contribution in [-0.2, 0) is 4.79 Å². The number of hydrogen-bond donors (Lipinski definition) is 1. The molecule has 7 heteroatoms. The van der Waals surface area contributed by atoms with E-state index in [9.17, 15) is 14.9 Å². The van der Waals surface area contributed by atoms with E-state index in [-0.39, 0.29) is 11.6 Å². The number of carbonyl (C=O) groups excluding carboxylic acids is 1. The Morgan fingerprint density at radius 2 is 2.10 bits per heavy atom. The fraction of sp³-hybridized carbons (Fsp3) is 0.500. The molecule has 1 unspecified atom stereocenters. The number of likely N-dealkylation sites (tertiary alicyclic amines) is 1. The van der Waals surface area contributed by atoms with Crippen molar-refractivity contribution in [3.63, 3.8) is 0 Å². The number of nitrogens with zero attached hydrogens (tertiary/aromatic N) is 2. The SMILES string of the molecule is COc1ccc(NC(C)C(=O)N2CCCC2)c([N+](=O)[O-])c1. The van der Waals surface area contributed by atoms with Crippen molar-refractivity contribution in [1.82, 2.24) is 4.90 Å². The van der Waals surface area contributed by atoms with Crippen LogP contribution in [0.1, 0.15) is 19.8 Å². The van der Waals surface area contributed by atoms with Crippen LogP contribution in [0.2, 0.25) is 0 Å². The Morgan fingerprint density at radius 3 is 2.67 bits per heavy atom. The number of benzene rings is 1. The predicted octanol–water partition coefficient (Wildman–Crippen LogP) is 2.03. The van der Waals surface area contributed by atoms with Crippen molar-refractivity contribution in [2.45, 2.75) is 25.8 Å². The molecule has 7 nitrogen and oxygen atoms in total. The second kappa shape index (κ2) is 6.43. The van der Waals surface area contributed by atoms with Crippen LogP contribution in [0.4, 0.5) is 11.4 Å². The lowest BCUT2D eigenvalue weighted by atomic mass is 10.2. The first-order valence-corrected chi connectivity index (χ1v) is 6.90. The maximum atomic E-state index is 12.2. The number of nitro groups is 1. The van der Waals surface area contributed by atoms with Crippen LogP contribution in [0.5, 0.6) is 5.75 Å². The molecule has 21 heavy (non-hydrogen) atoms. The highest BCUT2D eigenvalue weighted by atomic mass is 16.6. The van der Waals surface area contributed by atoms with Gasteiger partial charge in [-0.3, -0.25) is 14.9 Å². The lowest BCUT2D eigenvalue weighted by molar-refractivity contribution is -0.384. The van der Waals surface area contributed by atoms with Gasteiger partial charge in [0.15, 0.2) is 0 Å². The molecule has 0 radical (unpaired) electrons. The number of carbonyl (C=O) groups is 1. The number of anilines is 1. The molecular formula is C14H19N3O4. The summed E-state index contributed by atoms with van der Waals surface area (Å²) in [4.78, 5) is 24.6. The second-order valence-electron chi connectivity index (χ2n) is 5.04. The summed E-state index contributed by atoms with van der Waals surface area (Å²) in [5.74, 6) is 0.378. The van der Waals surface area contributed by atoms with E-state index in [2.05, 4.69) is 5.32 Å². The first-order chi connectivity index (χ1) is 10.0. The topological polar surface area (TPSA) is 84.7 Å². The fourth-order valence-electron chi connectivity index (χ4n) is 2.42. The molecule has 0 bridgehead atoms. The van der Waals surface area contributed by atoms with Gasteiger partial charge in [-0.05, 0) is 31.9 Å². The minimum absolute atomic E-state index is 0.0300. The molecule has 1 aliphatic rings. The zero-order valence-electron chi connectivity index (χ0n) is 12.2. The van der Waals surface area contributed by atoms with Crippen molar-refractivity contribution in [3.8, 4) is 5.75 Å². The van der Waals surface area contributed by atoms with E-state index in [0.29, 0.717) is 11.4 Å². The molecule has 1 heterocycles. The smallest absolute Gasteiger partial charge is 0.296 e. The average molecular weight is 293 g/mol. The molecule has 1 atom stereocenters. The molecular weight excluding hydrogens is 274 g/mol. The highest BCUT2D eigenvalue weighted by molar-refractivity contribution is 5.85. The van der Waals surface area contributed by atoms with Crippen LogP contribution in [-0.4, -0.2) is 42.0 Å². The van der Waals surface area contributed by atoms with Crippen molar-refractivity contribution in [2.75, 3.05) is 25.5 Å². The van der Waals surface area contributed by atoms with Crippen molar-refractivity contribution < 1.29 is 14.5 Å². The van der Waals surface area contributed by atoms with Crippen molar-refractivity contribution in [1.29, 1.82) is 0 Å². The van der Waals surface area contributed by atoms with E-state index >= 15 is 0 Å². The van der Waals surface area contributed by atoms with E-state index in [0.717, 1.165) is 25.9 Å². The summed E-state index contributed by atoms with van der Waals surface area (Å²) in [6.45, 7) is 3.24. The number of amides is 1. The van der Waals surface area contributed by atoms with Crippen LogP contribution < -0.4 is 10.1 Å². The summed E-state index contributed by atoms with van der Waals surface area (Å²) in [6, 6.07) is 4.03. The van der Waals surface area contributed by atoms with Crippen LogP contribution >= 0.6 is 0 Å². The molecule has 1 saturated heterocycles. The largest absolute Gasteiger partial charge is 0.496 e. The van der Waals surface area contributed by atoms with E-state index in [1.54, 1.807) is 24.0 Å². The van der Waals surface area contributed by atoms with Crippen LogP contribution in [0.3, 0.4) is 0 Å². The van der Waals surface area contributed by atoms with Gasteiger partial charge in [0.05, 0.1) is 18.1 Å². The molecule has 1 fully saturated rings. The maximum absolute atomic E-state index is 12.2. The quantitative estimate of drug-likeness (QED) is 0.663. The third kappa shape index (κ3) is 3.42. The minimum atomic E-state index is -0.504. The number of nitro benzene ring substituents is 1. The van der Waals surface area contributed by atoms with Gasteiger partial charge >= 0.3 is 0 Å². The molecule has 0 spiro atoms. The summed E-state index contributed by atoms with van der Waals surface area (Å²) in [5, 5.41) is 14.0. The molecule has 0 aliphatic carbocycles. The zero-order chi connectivity index (χ0) is 15.4. The lowest BCUT2D eigenvalue weighted by Crippen LogP contribution is -2.39. The van der Waals surface area contributed by atoms with E-state index in [4.69, 9.17) is 4.74 Å². The fourth-order valence-corrected chi connectivity index (χ4v) is 2.42. The first kappa shape index (κ1) is 15.1. The van der Waals surface area contributed by atoms with Crippen molar-refractivity contribution >= 4 is 17.3 Å². The number of nitrogens with one attached hydrogen (secondary N) is 1. The van der Waals surface area contributed by atoms with Gasteiger partial charge in [-0.2, -0.15) is 0 Å². The number of rotatable bonds is 5. The third-order valence-electron chi connectivity index (χ3n) is 3.56. The second-order valence-corrected chi connectivity index (χ2v) is 5.04. The summed E-state index contributed by atoms with van der Waals surface area (Å²) < 4.78 is 4.99. The number of ether oxygens (including phenoxy) is 1. The Hall–Kier alpha value is -2.31.